The number of piperidine rings is 1. The number of carbonyl (C=O) groups excluding carboxylic acids is 2. The van der Waals surface area contributed by atoms with Crippen LogP contribution in [-0.4, -0.2) is 67.7 Å². The van der Waals surface area contributed by atoms with Crippen molar-refractivity contribution < 1.29 is 18.7 Å². The number of anilines is 3. The molecule has 11 heteroatoms. The number of fused-ring (bicyclic) bond motifs is 4. The van der Waals surface area contributed by atoms with Gasteiger partial charge in [-0.1, -0.05) is 18.2 Å². The number of piperazine rings is 1. The molecule has 7 rings (SSSR count). The van der Waals surface area contributed by atoms with Crippen LogP contribution in [0.3, 0.4) is 0 Å². The number of carbonyl (C=O) groups is 2. The summed E-state index contributed by atoms with van der Waals surface area (Å²) in [6, 6.07) is 22.3. The highest BCUT2D eigenvalue weighted by atomic mass is 79.9. The molecule has 2 aromatic carbocycles. The van der Waals surface area contributed by atoms with E-state index in [2.05, 4.69) is 31.0 Å². The minimum absolute atomic E-state index is 0.0415. The Morgan fingerprint density at radius 2 is 1.71 bits per heavy atom. The quantitative estimate of drug-likeness (QED) is 0.306. The fraction of sp³-hybridized carbons (Fsp3) is 0.324. The molecule has 2 saturated heterocycles. The molecule has 3 aliphatic rings. The van der Waals surface area contributed by atoms with Crippen molar-refractivity contribution in [3.63, 3.8) is 0 Å². The summed E-state index contributed by atoms with van der Waals surface area (Å²) in [6.07, 6.45) is 1.01. The van der Waals surface area contributed by atoms with Gasteiger partial charge in [-0.3, -0.25) is 14.4 Å². The van der Waals surface area contributed by atoms with Gasteiger partial charge in [-0.2, -0.15) is 0 Å². The third kappa shape index (κ3) is 5.72. The summed E-state index contributed by atoms with van der Waals surface area (Å²) in [5, 5.41) is 3.03. The molecule has 0 radical (unpaired) electrons. The van der Waals surface area contributed by atoms with E-state index < -0.39 is 5.91 Å². The summed E-state index contributed by atoms with van der Waals surface area (Å²) in [5.41, 5.74) is 4.01. The number of halogens is 1. The van der Waals surface area contributed by atoms with E-state index >= 15 is 0 Å². The number of aromatic nitrogens is 1. The lowest BCUT2D eigenvalue weighted by Crippen LogP contribution is -2.49. The van der Waals surface area contributed by atoms with E-state index in [-0.39, 0.29) is 23.1 Å². The van der Waals surface area contributed by atoms with Crippen molar-refractivity contribution >= 4 is 44.8 Å². The zero-order chi connectivity index (χ0) is 31.1. The third-order valence-electron chi connectivity index (χ3n) is 9.10. The third-order valence-corrected chi connectivity index (χ3v) is 9.53. The van der Waals surface area contributed by atoms with Crippen molar-refractivity contribution in [1.29, 1.82) is 0 Å². The van der Waals surface area contributed by atoms with Gasteiger partial charge in [-0.05, 0) is 76.8 Å². The number of rotatable bonds is 6. The van der Waals surface area contributed by atoms with Gasteiger partial charge < -0.3 is 33.7 Å². The first-order valence-corrected chi connectivity index (χ1v) is 16.0. The number of pyridine rings is 1. The average molecular weight is 673 g/mol. The summed E-state index contributed by atoms with van der Waals surface area (Å²) < 4.78 is 13.4. The van der Waals surface area contributed by atoms with E-state index in [1.54, 1.807) is 31.4 Å². The second kappa shape index (κ2) is 12.1. The van der Waals surface area contributed by atoms with E-state index in [0.717, 1.165) is 35.8 Å². The second-order valence-corrected chi connectivity index (χ2v) is 12.6. The number of amides is 2. The fourth-order valence-corrected chi connectivity index (χ4v) is 7.29. The monoisotopic (exact) mass is 671 g/mol. The van der Waals surface area contributed by atoms with Crippen LogP contribution in [0.4, 0.5) is 17.1 Å². The molecule has 3 aliphatic heterocycles. The van der Waals surface area contributed by atoms with E-state index in [0.29, 0.717) is 61.1 Å². The molecule has 2 fully saturated rings. The maximum absolute atomic E-state index is 13.8. The van der Waals surface area contributed by atoms with Crippen LogP contribution in [0.2, 0.25) is 0 Å². The zero-order valence-corrected chi connectivity index (χ0v) is 26.5. The van der Waals surface area contributed by atoms with E-state index in [9.17, 15) is 14.4 Å². The number of ether oxygens (including phenoxy) is 1. The maximum atomic E-state index is 13.8. The Morgan fingerprint density at radius 1 is 0.889 bits per heavy atom. The van der Waals surface area contributed by atoms with Gasteiger partial charge in [0.2, 0.25) is 0 Å². The maximum Gasteiger partial charge on any atom is 0.291 e. The molecular formula is C34H34BrN5O5. The largest absolute Gasteiger partial charge is 0.495 e. The smallest absolute Gasteiger partial charge is 0.291 e. The highest BCUT2D eigenvalue weighted by Crippen LogP contribution is 2.39. The Bertz CT molecular complexity index is 1810. The van der Waals surface area contributed by atoms with Crippen molar-refractivity contribution in [3.8, 4) is 5.75 Å². The molecule has 4 aromatic rings. The predicted molar refractivity (Wildman–Crippen MR) is 176 cm³/mol. The molecular weight excluding hydrogens is 638 g/mol. The zero-order valence-electron chi connectivity index (χ0n) is 24.9. The van der Waals surface area contributed by atoms with Crippen LogP contribution >= 0.6 is 15.9 Å². The molecule has 5 heterocycles. The van der Waals surface area contributed by atoms with Crippen molar-refractivity contribution in [1.82, 2.24) is 9.47 Å². The van der Waals surface area contributed by atoms with Gasteiger partial charge in [-0.25, -0.2) is 0 Å². The van der Waals surface area contributed by atoms with Crippen LogP contribution in [-0.2, 0) is 6.54 Å². The first-order chi connectivity index (χ1) is 21.9. The Hall–Kier alpha value is -4.51. The Morgan fingerprint density at radius 3 is 2.49 bits per heavy atom. The molecule has 0 aliphatic carbocycles. The molecule has 2 amide bonds. The summed E-state index contributed by atoms with van der Waals surface area (Å²) in [5.74, 6) is 0.987. The number of para-hydroxylation sites is 2. The highest BCUT2D eigenvalue weighted by molar-refractivity contribution is 9.10. The number of nitrogens with zero attached hydrogens (tertiary/aromatic N) is 4. The van der Waals surface area contributed by atoms with Crippen LogP contribution in [0.5, 0.6) is 5.75 Å². The molecule has 45 heavy (non-hydrogen) atoms. The van der Waals surface area contributed by atoms with Crippen LogP contribution in [0, 0.1) is 5.92 Å². The van der Waals surface area contributed by atoms with Crippen molar-refractivity contribution in [2.24, 2.45) is 5.92 Å². The van der Waals surface area contributed by atoms with Crippen LogP contribution in [0.25, 0.3) is 0 Å². The number of methoxy groups -OCH3 is 1. The highest BCUT2D eigenvalue weighted by Gasteiger charge is 2.36. The van der Waals surface area contributed by atoms with Crippen LogP contribution in [0.1, 0.15) is 38.9 Å². The fourth-order valence-electron chi connectivity index (χ4n) is 6.98. The molecule has 232 valence electrons. The average Bonchev–Trinajstić information content (AvgIpc) is 3.51. The summed E-state index contributed by atoms with van der Waals surface area (Å²) in [6.45, 7) is 4.61. The van der Waals surface area contributed by atoms with Crippen molar-refractivity contribution in [2.45, 2.75) is 18.9 Å². The van der Waals surface area contributed by atoms with Crippen molar-refractivity contribution in [3.05, 3.63) is 105 Å². The molecule has 10 nitrogen and oxygen atoms in total. The summed E-state index contributed by atoms with van der Waals surface area (Å²) >= 11 is 3.27. The van der Waals surface area contributed by atoms with Crippen molar-refractivity contribution in [2.75, 3.05) is 61.5 Å². The van der Waals surface area contributed by atoms with Gasteiger partial charge >= 0.3 is 0 Å². The molecule has 0 saturated carbocycles. The molecule has 0 spiro atoms. The lowest BCUT2D eigenvalue weighted by atomic mass is 9.83. The minimum Gasteiger partial charge on any atom is -0.495 e. The Labute approximate surface area is 269 Å². The second-order valence-electron chi connectivity index (χ2n) is 11.8. The van der Waals surface area contributed by atoms with Gasteiger partial charge in [0, 0.05) is 69.1 Å². The number of furan rings is 1. The van der Waals surface area contributed by atoms with Crippen LogP contribution < -0.4 is 25.4 Å². The van der Waals surface area contributed by atoms with Gasteiger partial charge in [0.1, 0.15) is 5.75 Å². The Balaban J connectivity index is 1.14. The molecule has 2 unspecified atom stereocenters. The number of nitrogens with one attached hydrogen (secondary N) is 1. The lowest BCUT2D eigenvalue weighted by molar-refractivity contribution is 0.0746. The van der Waals surface area contributed by atoms with Crippen LogP contribution in [0.15, 0.2) is 86.7 Å². The molecule has 2 aromatic heterocycles. The topological polar surface area (TPSA) is 100 Å². The van der Waals surface area contributed by atoms with E-state index in [1.807, 2.05) is 58.0 Å². The standard InChI is InChI=1S/C34H34BrN5O5/c1-44-29-7-3-2-5-28(29)37-13-15-38(16-14-37)34(43)23-9-10-27(25(18-23)36-33(42)30-11-12-31(35)45-30)39-19-22-17-24(21-39)26-6-4-8-32(41)40(26)20-22/h2-12,18,22,24H,13-17,19-21H2,1H3,(H,36,42). The number of hydrogen-bond donors (Lipinski definition) is 1. The summed E-state index contributed by atoms with van der Waals surface area (Å²) in [7, 11) is 1.67. The summed E-state index contributed by atoms with van der Waals surface area (Å²) in [4.78, 5) is 46.0. The minimum atomic E-state index is -0.397. The Kier molecular flexibility index (Phi) is 7.87. The van der Waals surface area contributed by atoms with E-state index in [1.165, 1.54) is 0 Å². The first-order valence-electron chi connectivity index (χ1n) is 15.2. The van der Waals surface area contributed by atoms with Gasteiger partial charge in [0.05, 0.1) is 24.2 Å². The number of benzene rings is 2. The van der Waals surface area contributed by atoms with Gasteiger partial charge in [-0.15, -0.1) is 0 Å². The first kappa shape index (κ1) is 29.2. The SMILES string of the molecule is COc1ccccc1N1CCN(C(=O)c2ccc(N3CC4CC(C3)c3cccc(=O)n3C4)c(NC(=O)c3ccc(Br)o3)c2)CC1. The van der Waals surface area contributed by atoms with Gasteiger partial charge in [0.25, 0.3) is 17.4 Å². The molecule has 2 bridgehead atoms. The van der Waals surface area contributed by atoms with E-state index in [4.69, 9.17) is 9.15 Å². The lowest BCUT2D eigenvalue weighted by Gasteiger charge is -2.44. The number of hydrogen-bond acceptors (Lipinski definition) is 7. The molecule has 2 atom stereocenters. The predicted octanol–water partition coefficient (Wildman–Crippen LogP) is 5.05. The normalized spacial score (nSPS) is 19.2. The van der Waals surface area contributed by atoms with Gasteiger partial charge in [0.15, 0.2) is 10.4 Å². The molecule has 1 N–H and O–H groups in total.